The largest absolute Gasteiger partial charge is 0.610 e. The molecule has 1 fully saturated rings. The maximum absolute atomic E-state index is 12.6. The molecule has 2 aromatic rings. The number of rotatable bonds is 8. The Hall–Kier alpha value is -2.57. The summed E-state index contributed by atoms with van der Waals surface area (Å²) in [6.07, 6.45) is -0.899. The Bertz CT molecular complexity index is 895. The minimum absolute atomic E-state index is 0.159. The van der Waals surface area contributed by atoms with Crippen LogP contribution in [0.2, 0.25) is 0 Å². The van der Waals surface area contributed by atoms with E-state index in [1.165, 1.54) is 9.80 Å². The van der Waals surface area contributed by atoms with Crippen molar-refractivity contribution >= 4 is 45.5 Å². The zero-order valence-electron chi connectivity index (χ0n) is 16.9. The molecule has 3 rings (SSSR count). The predicted octanol–water partition coefficient (Wildman–Crippen LogP) is 2.90. The van der Waals surface area contributed by atoms with E-state index in [9.17, 15) is 14.1 Å². The van der Waals surface area contributed by atoms with Crippen LogP contribution in [0.25, 0.3) is 0 Å². The molecule has 1 saturated heterocycles. The molecule has 162 valence electrons. The smallest absolute Gasteiger partial charge is 0.413 e. The zero-order valence-corrected chi connectivity index (χ0v) is 18.5. The van der Waals surface area contributed by atoms with Gasteiger partial charge in [-0.05, 0) is 36.8 Å². The molecule has 1 aliphatic rings. The number of carbonyl (C=O) groups excluding carboxylic acids is 2. The monoisotopic (exact) mass is 453 g/mol. The van der Waals surface area contributed by atoms with Crippen molar-refractivity contribution in [2.45, 2.75) is 30.8 Å². The molecular formula is C18H23N5O5S2. The SMILES string of the molecule is CCC[S+]([O-])c1nnc(N2C(=O)N(C)CC2OC(=O)Nc2ccccc2OCC)s1. The van der Waals surface area contributed by atoms with Crippen molar-refractivity contribution < 1.29 is 23.6 Å². The van der Waals surface area contributed by atoms with E-state index >= 15 is 0 Å². The molecule has 1 aromatic carbocycles. The first-order valence-electron chi connectivity index (χ1n) is 9.40. The number of nitrogens with one attached hydrogen (secondary N) is 1. The average Bonchev–Trinajstić information content (AvgIpc) is 3.29. The van der Waals surface area contributed by atoms with E-state index < -0.39 is 23.5 Å². The third-order valence-corrected chi connectivity index (χ3v) is 6.88. The first-order chi connectivity index (χ1) is 14.4. The van der Waals surface area contributed by atoms with Gasteiger partial charge >= 0.3 is 16.5 Å². The van der Waals surface area contributed by atoms with E-state index in [1.54, 1.807) is 31.3 Å². The molecule has 1 N–H and O–H groups in total. The zero-order chi connectivity index (χ0) is 21.7. The number of aromatic nitrogens is 2. The summed E-state index contributed by atoms with van der Waals surface area (Å²) in [4.78, 5) is 27.7. The molecule has 2 atom stereocenters. The Morgan fingerprint density at radius 3 is 2.87 bits per heavy atom. The van der Waals surface area contributed by atoms with Gasteiger partial charge in [-0.2, -0.15) is 0 Å². The minimum Gasteiger partial charge on any atom is -0.610 e. The Kier molecular flexibility index (Phi) is 7.34. The van der Waals surface area contributed by atoms with Gasteiger partial charge in [0.15, 0.2) is 0 Å². The summed E-state index contributed by atoms with van der Waals surface area (Å²) in [5.74, 6) is 0.977. The standard InChI is InChI=1S/C18H23N5O5S2/c1-4-10-30(26)17-21-20-15(29-17)23-14(11-22(3)18(23)25)28-16(24)19-12-8-6-7-9-13(12)27-5-2/h6-9,14H,4-5,10-11H2,1-3H3,(H,19,24). The van der Waals surface area contributed by atoms with Crippen molar-refractivity contribution in [3.8, 4) is 5.75 Å². The summed E-state index contributed by atoms with van der Waals surface area (Å²) >= 11 is -0.224. The van der Waals surface area contributed by atoms with Crippen LogP contribution in [0.15, 0.2) is 28.6 Å². The number of carbonyl (C=O) groups is 2. The number of hydrogen-bond acceptors (Lipinski definition) is 8. The molecule has 1 aromatic heterocycles. The highest BCUT2D eigenvalue weighted by atomic mass is 32.2. The van der Waals surface area contributed by atoms with Crippen molar-refractivity contribution in [1.82, 2.24) is 15.1 Å². The molecule has 0 bridgehead atoms. The van der Waals surface area contributed by atoms with Crippen molar-refractivity contribution in [2.24, 2.45) is 0 Å². The number of urea groups is 1. The van der Waals surface area contributed by atoms with Gasteiger partial charge in [0.1, 0.15) is 11.5 Å². The van der Waals surface area contributed by atoms with Crippen LogP contribution in [0, 0.1) is 0 Å². The fourth-order valence-corrected chi connectivity index (χ4v) is 4.91. The molecule has 2 unspecified atom stereocenters. The molecule has 12 heteroatoms. The van der Waals surface area contributed by atoms with Crippen molar-refractivity contribution in [3.05, 3.63) is 24.3 Å². The Morgan fingerprint density at radius 1 is 1.37 bits per heavy atom. The molecular weight excluding hydrogens is 430 g/mol. The van der Waals surface area contributed by atoms with Gasteiger partial charge in [-0.3, -0.25) is 5.32 Å². The van der Waals surface area contributed by atoms with Crippen LogP contribution in [-0.4, -0.2) is 64.0 Å². The molecule has 2 heterocycles. The van der Waals surface area contributed by atoms with Crippen LogP contribution in [0.4, 0.5) is 20.4 Å². The van der Waals surface area contributed by atoms with Gasteiger partial charge in [0.25, 0.3) is 0 Å². The van der Waals surface area contributed by atoms with Crippen LogP contribution in [0.5, 0.6) is 5.75 Å². The molecule has 0 spiro atoms. The van der Waals surface area contributed by atoms with E-state index in [4.69, 9.17) is 9.47 Å². The number of likely N-dealkylation sites (N-methyl/N-ethyl adjacent to an activating group) is 1. The summed E-state index contributed by atoms with van der Waals surface area (Å²) in [5.41, 5.74) is 0.460. The van der Waals surface area contributed by atoms with Crippen LogP contribution < -0.4 is 15.0 Å². The van der Waals surface area contributed by atoms with E-state index in [-0.39, 0.29) is 17.7 Å². The first-order valence-corrected chi connectivity index (χ1v) is 11.5. The predicted molar refractivity (Wildman–Crippen MR) is 113 cm³/mol. The van der Waals surface area contributed by atoms with Gasteiger partial charge in [-0.15, -0.1) is 5.10 Å². The number of ether oxygens (including phenoxy) is 2. The normalized spacial score (nSPS) is 17.2. The number of anilines is 2. The number of benzene rings is 1. The molecule has 0 saturated carbocycles. The third kappa shape index (κ3) is 4.94. The Labute approximate surface area is 181 Å². The molecule has 3 amide bonds. The maximum atomic E-state index is 12.6. The van der Waals surface area contributed by atoms with E-state index in [1.807, 2.05) is 13.8 Å². The van der Waals surface area contributed by atoms with Gasteiger partial charge in [0.2, 0.25) is 11.4 Å². The van der Waals surface area contributed by atoms with Crippen molar-refractivity contribution in [1.29, 1.82) is 0 Å². The number of para-hydroxylation sites is 2. The third-order valence-electron chi connectivity index (χ3n) is 4.10. The van der Waals surface area contributed by atoms with Crippen LogP contribution in [0.1, 0.15) is 20.3 Å². The fourth-order valence-electron chi connectivity index (χ4n) is 2.77. The van der Waals surface area contributed by atoms with Crippen LogP contribution >= 0.6 is 11.3 Å². The Morgan fingerprint density at radius 2 is 2.13 bits per heavy atom. The minimum atomic E-state index is -1.28. The van der Waals surface area contributed by atoms with E-state index in [2.05, 4.69) is 15.5 Å². The van der Waals surface area contributed by atoms with Crippen molar-refractivity contribution in [3.63, 3.8) is 0 Å². The molecule has 30 heavy (non-hydrogen) atoms. The van der Waals surface area contributed by atoms with Gasteiger partial charge < -0.3 is 18.9 Å². The highest BCUT2D eigenvalue weighted by molar-refractivity contribution is 7.93. The summed E-state index contributed by atoms with van der Waals surface area (Å²) in [6, 6.07) is 6.60. The fraction of sp³-hybridized carbons (Fsp3) is 0.444. The molecule has 1 aliphatic heterocycles. The second-order valence-corrected chi connectivity index (χ2v) is 9.05. The summed E-state index contributed by atoms with van der Waals surface area (Å²) in [6.45, 7) is 4.37. The lowest BCUT2D eigenvalue weighted by molar-refractivity contribution is 0.116. The van der Waals surface area contributed by atoms with Crippen LogP contribution in [-0.2, 0) is 15.9 Å². The highest BCUT2D eigenvalue weighted by Gasteiger charge is 2.41. The molecule has 0 radical (unpaired) electrons. The quantitative estimate of drug-likeness (QED) is 0.482. The number of hydrogen-bond donors (Lipinski definition) is 1. The molecule has 0 aliphatic carbocycles. The van der Waals surface area contributed by atoms with E-state index in [0.717, 1.165) is 17.8 Å². The van der Waals surface area contributed by atoms with E-state index in [0.29, 0.717) is 28.1 Å². The number of nitrogens with zero attached hydrogens (tertiary/aromatic N) is 4. The first kappa shape index (κ1) is 22.1. The summed E-state index contributed by atoms with van der Waals surface area (Å²) in [5, 5.41) is 10.8. The average molecular weight is 454 g/mol. The lowest BCUT2D eigenvalue weighted by atomic mass is 10.3. The number of amides is 3. The second kappa shape index (κ2) is 9.96. The van der Waals surface area contributed by atoms with Crippen molar-refractivity contribution in [2.75, 3.05) is 36.2 Å². The second-order valence-electron chi connectivity index (χ2n) is 6.35. The van der Waals surface area contributed by atoms with Gasteiger partial charge in [-0.25, -0.2) is 14.5 Å². The lowest BCUT2D eigenvalue weighted by Gasteiger charge is -2.20. The van der Waals surface area contributed by atoms with Crippen LogP contribution in [0.3, 0.4) is 0 Å². The van der Waals surface area contributed by atoms with Gasteiger partial charge in [0.05, 0.1) is 18.8 Å². The Balaban J connectivity index is 1.73. The molecule has 10 nitrogen and oxygen atoms in total. The maximum Gasteiger partial charge on any atom is 0.413 e. The van der Waals surface area contributed by atoms with Gasteiger partial charge in [0, 0.05) is 18.2 Å². The lowest BCUT2D eigenvalue weighted by Crippen LogP contribution is -2.38. The highest BCUT2D eigenvalue weighted by Crippen LogP contribution is 2.31. The summed E-state index contributed by atoms with van der Waals surface area (Å²) < 4.78 is 23.5. The topological polar surface area (TPSA) is 120 Å². The van der Waals surface area contributed by atoms with Gasteiger partial charge in [-0.1, -0.05) is 24.2 Å². The summed E-state index contributed by atoms with van der Waals surface area (Å²) in [7, 11) is 1.60.